The number of alkyl halides is 2. The number of ether oxygens (including phenoxy) is 1. The topological polar surface area (TPSA) is 58.6 Å². The largest absolute Gasteiger partial charge is 0.488 e. The van der Waals surface area contributed by atoms with E-state index in [0.29, 0.717) is 16.7 Å². The molecule has 0 aliphatic carbocycles. The van der Waals surface area contributed by atoms with Crippen molar-refractivity contribution in [2.24, 2.45) is 0 Å². The van der Waals surface area contributed by atoms with Crippen LogP contribution in [0.5, 0.6) is 5.75 Å². The standard InChI is InChI=1S/C19H21F2NO3/c1-12-6-7-17(15(8-12)19(20)21)25-11-16-13(9-18(24)22-2)4-3-5-14(16)10-23/h3-8,19,23H,9-11H2,1-2H3,(H,22,24). The Morgan fingerprint density at radius 1 is 1.24 bits per heavy atom. The average molecular weight is 349 g/mol. The van der Waals surface area contributed by atoms with Crippen LogP contribution in [-0.4, -0.2) is 18.1 Å². The van der Waals surface area contributed by atoms with Crippen LogP contribution in [0.15, 0.2) is 36.4 Å². The summed E-state index contributed by atoms with van der Waals surface area (Å²) in [6.07, 6.45) is -2.52. The number of hydrogen-bond acceptors (Lipinski definition) is 3. The molecule has 6 heteroatoms. The quantitative estimate of drug-likeness (QED) is 0.806. The van der Waals surface area contributed by atoms with Gasteiger partial charge in [-0.25, -0.2) is 8.78 Å². The van der Waals surface area contributed by atoms with Crippen LogP contribution in [0.2, 0.25) is 0 Å². The molecule has 0 radical (unpaired) electrons. The van der Waals surface area contributed by atoms with Crippen LogP contribution >= 0.6 is 0 Å². The molecule has 0 aliphatic heterocycles. The van der Waals surface area contributed by atoms with Crippen molar-refractivity contribution in [1.29, 1.82) is 0 Å². The fourth-order valence-electron chi connectivity index (χ4n) is 2.57. The summed E-state index contributed by atoms with van der Waals surface area (Å²) in [6, 6.07) is 9.82. The third-order valence-corrected chi connectivity index (χ3v) is 3.94. The van der Waals surface area contributed by atoms with Crippen molar-refractivity contribution in [3.8, 4) is 5.75 Å². The summed E-state index contributed by atoms with van der Waals surface area (Å²) in [5, 5.41) is 12.1. The lowest BCUT2D eigenvalue weighted by atomic mass is 9.99. The summed E-state index contributed by atoms with van der Waals surface area (Å²) in [5.74, 6) is -0.0841. The lowest BCUT2D eigenvalue weighted by molar-refractivity contribution is -0.119. The zero-order chi connectivity index (χ0) is 18.4. The summed E-state index contributed by atoms with van der Waals surface area (Å²) >= 11 is 0. The summed E-state index contributed by atoms with van der Waals surface area (Å²) in [4.78, 5) is 11.7. The first-order valence-electron chi connectivity index (χ1n) is 7.88. The summed E-state index contributed by atoms with van der Waals surface area (Å²) < 4.78 is 32.0. The smallest absolute Gasteiger partial charge is 0.267 e. The zero-order valence-corrected chi connectivity index (χ0v) is 14.2. The molecule has 2 aromatic rings. The molecule has 0 spiro atoms. The van der Waals surface area contributed by atoms with Crippen molar-refractivity contribution in [2.45, 2.75) is 33.0 Å². The van der Waals surface area contributed by atoms with Gasteiger partial charge < -0.3 is 15.2 Å². The fraction of sp³-hybridized carbons (Fsp3) is 0.316. The third-order valence-electron chi connectivity index (χ3n) is 3.94. The molecule has 2 N–H and O–H groups in total. The van der Waals surface area contributed by atoms with Crippen molar-refractivity contribution < 1.29 is 23.4 Å². The predicted molar refractivity (Wildman–Crippen MR) is 90.6 cm³/mol. The van der Waals surface area contributed by atoms with Crippen molar-refractivity contribution in [1.82, 2.24) is 5.32 Å². The molecule has 2 aromatic carbocycles. The van der Waals surface area contributed by atoms with Crippen molar-refractivity contribution in [3.63, 3.8) is 0 Å². The van der Waals surface area contributed by atoms with Crippen LogP contribution in [0.25, 0.3) is 0 Å². The second-order valence-corrected chi connectivity index (χ2v) is 5.69. The first-order valence-corrected chi connectivity index (χ1v) is 7.88. The van der Waals surface area contributed by atoms with Crippen LogP contribution in [0.1, 0.15) is 34.2 Å². The van der Waals surface area contributed by atoms with Gasteiger partial charge >= 0.3 is 0 Å². The molecule has 0 heterocycles. The van der Waals surface area contributed by atoms with Crippen LogP contribution in [0.4, 0.5) is 8.78 Å². The molecule has 134 valence electrons. The van der Waals surface area contributed by atoms with E-state index >= 15 is 0 Å². The highest BCUT2D eigenvalue weighted by Crippen LogP contribution is 2.31. The summed E-state index contributed by atoms with van der Waals surface area (Å²) in [5.41, 5.74) is 2.48. The molecule has 0 saturated carbocycles. The maximum Gasteiger partial charge on any atom is 0.267 e. The average Bonchev–Trinajstić information content (AvgIpc) is 2.60. The van der Waals surface area contributed by atoms with Gasteiger partial charge in [0.05, 0.1) is 18.6 Å². The van der Waals surface area contributed by atoms with E-state index < -0.39 is 6.43 Å². The van der Waals surface area contributed by atoms with Crippen molar-refractivity contribution in [3.05, 3.63) is 64.2 Å². The number of aryl methyl sites for hydroxylation is 1. The molecule has 0 bridgehead atoms. The molecule has 2 rings (SSSR count). The Hall–Kier alpha value is -2.47. The molecule has 0 atom stereocenters. The third kappa shape index (κ3) is 4.76. The summed E-state index contributed by atoms with van der Waals surface area (Å²) in [7, 11) is 1.54. The van der Waals surface area contributed by atoms with Gasteiger partial charge in [0.25, 0.3) is 6.43 Å². The van der Waals surface area contributed by atoms with Gasteiger partial charge in [-0.15, -0.1) is 0 Å². The van der Waals surface area contributed by atoms with E-state index in [-0.39, 0.29) is 36.9 Å². The highest BCUT2D eigenvalue weighted by Gasteiger charge is 2.16. The number of halogens is 2. The van der Waals surface area contributed by atoms with Gasteiger partial charge in [-0.05, 0) is 35.7 Å². The highest BCUT2D eigenvalue weighted by molar-refractivity contribution is 5.78. The Morgan fingerprint density at radius 3 is 2.60 bits per heavy atom. The van der Waals surface area contributed by atoms with Crippen LogP contribution in [0, 0.1) is 6.92 Å². The van der Waals surface area contributed by atoms with E-state index in [1.54, 1.807) is 31.2 Å². The number of likely N-dealkylation sites (N-methyl/N-ethyl adjacent to an activating group) is 1. The molecule has 0 fully saturated rings. The number of carbonyl (C=O) groups is 1. The minimum atomic E-state index is -2.65. The number of aliphatic hydroxyl groups excluding tert-OH is 1. The molecule has 0 aliphatic rings. The van der Waals surface area contributed by atoms with Gasteiger partial charge in [0.2, 0.25) is 5.91 Å². The first-order chi connectivity index (χ1) is 12.0. The van der Waals surface area contributed by atoms with Gasteiger partial charge in [-0.1, -0.05) is 29.8 Å². The maximum absolute atomic E-state index is 13.2. The molecular weight excluding hydrogens is 328 g/mol. The van der Waals surface area contributed by atoms with Gasteiger partial charge in [0.1, 0.15) is 12.4 Å². The minimum Gasteiger partial charge on any atom is -0.488 e. The van der Waals surface area contributed by atoms with Gasteiger partial charge in [0.15, 0.2) is 0 Å². The van der Waals surface area contributed by atoms with E-state index in [4.69, 9.17) is 4.74 Å². The van der Waals surface area contributed by atoms with Gasteiger partial charge in [0, 0.05) is 7.05 Å². The van der Waals surface area contributed by atoms with Crippen LogP contribution < -0.4 is 10.1 Å². The predicted octanol–water partition coefficient (Wildman–Crippen LogP) is 3.29. The second-order valence-electron chi connectivity index (χ2n) is 5.69. The number of nitrogens with one attached hydrogen (secondary N) is 1. The van der Waals surface area contributed by atoms with Crippen LogP contribution in [-0.2, 0) is 24.4 Å². The zero-order valence-electron chi connectivity index (χ0n) is 14.2. The Balaban J connectivity index is 2.30. The molecular formula is C19H21F2NO3. The Labute approximate surface area is 145 Å². The number of carbonyl (C=O) groups excluding carboxylic acids is 1. The number of hydrogen-bond donors (Lipinski definition) is 2. The van der Waals surface area contributed by atoms with E-state index in [0.717, 1.165) is 5.56 Å². The highest BCUT2D eigenvalue weighted by atomic mass is 19.3. The van der Waals surface area contributed by atoms with Crippen molar-refractivity contribution in [2.75, 3.05) is 7.05 Å². The SMILES string of the molecule is CNC(=O)Cc1cccc(CO)c1COc1ccc(C)cc1C(F)F. The molecule has 0 saturated heterocycles. The molecule has 1 amide bonds. The number of amides is 1. The van der Waals surface area contributed by atoms with E-state index in [1.807, 2.05) is 0 Å². The number of aliphatic hydroxyl groups is 1. The molecule has 0 aromatic heterocycles. The monoisotopic (exact) mass is 349 g/mol. The first kappa shape index (κ1) is 18.9. The van der Waals surface area contributed by atoms with E-state index in [1.165, 1.54) is 19.2 Å². The van der Waals surface area contributed by atoms with Gasteiger partial charge in [-0.2, -0.15) is 0 Å². The Morgan fingerprint density at radius 2 is 1.96 bits per heavy atom. The van der Waals surface area contributed by atoms with Gasteiger partial charge in [-0.3, -0.25) is 4.79 Å². The molecule has 25 heavy (non-hydrogen) atoms. The summed E-state index contributed by atoms with van der Waals surface area (Å²) in [6.45, 7) is 1.50. The molecule has 4 nitrogen and oxygen atoms in total. The lowest BCUT2D eigenvalue weighted by Crippen LogP contribution is -2.21. The number of benzene rings is 2. The minimum absolute atomic E-state index is 0.00809. The van der Waals surface area contributed by atoms with E-state index in [2.05, 4.69) is 5.32 Å². The maximum atomic E-state index is 13.2. The fourth-order valence-corrected chi connectivity index (χ4v) is 2.57. The second kappa shape index (κ2) is 8.58. The Kier molecular flexibility index (Phi) is 6.47. The van der Waals surface area contributed by atoms with Crippen molar-refractivity contribution >= 4 is 5.91 Å². The van der Waals surface area contributed by atoms with Crippen LogP contribution in [0.3, 0.4) is 0 Å². The number of rotatable bonds is 7. The van der Waals surface area contributed by atoms with E-state index in [9.17, 15) is 18.7 Å². The lowest BCUT2D eigenvalue weighted by Gasteiger charge is -2.16. The normalized spacial score (nSPS) is 10.8. The Bertz CT molecular complexity index is 747. The molecule has 0 unspecified atom stereocenters.